The van der Waals surface area contributed by atoms with Crippen molar-refractivity contribution in [2.75, 3.05) is 27.4 Å². The molecule has 7 heteroatoms. The van der Waals surface area contributed by atoms with Gasteiger partial charge in [-0.2, -0.15) is 0 Å². The monoisotopic (exact) mass is 421 g/mol. The standard InChI is InChI=1S/C24H23NO6/c1-29-21-11-17-7-8-25(13-18(17)12-22(21)30-2)23(27)14-31-24(28)19-9-15-5-3-4-6-16(15)10-20(19)26/h3-6,9-12,26H,7-8,13-14H2,1-2H3. The quantitative estimate of drug-likeness (QED) is 0.637. The van der Waals surface area contributed by atoms with Gasteiger partial charge in [0.25, 0.3) is 5.91 Å². The van der Waals surface area contributed by atoms with E-state index in [0.29, 0.717) is 31.0 Å². The van der Waals surface area contributed by atoms with Gasteiger partial charge >= 0.3 is 5.97 Å². The van der Waals surface area contributed by atoms with Crippen molar-refractivity contribution in [3.05, 3.63) is 65.2 Å². The summed E-state index contributed by atoms with van der Waals surface area (Å²) in [7, 11) is 3.16. The van der Waals surface area contributed by atoms with Gasteiger partial charge < -0.3 is 24.2 Å². The van der Waals surface area contributed by atoms with E-state index in [0.717, 1.165) is 21.9 Å². The molecule has 31 heavy (non-hydrogen) atoms. The Hall–Kier alpha value is -3.74. The smallest absolute Gasteiger partial charge is 0.342 e. The number of hydrogen-bond donors (Lipinski definition) is 1. The SMILES string of the molecule is COc1cc2c(cc1OC)CN(C(=O)COC(=O)c1cc3ccccc3cc1O)CC2. The lowest BCUT2D eigenvalue weighted by atomic mass is 9.99. The van der Waals surface area contributed by atoms with E-state index in [-0.39, 0.29) is 17.2 Å². The molecule has 1 amide bonds. The molecule has 1 aliphatic rings. The number of amides is 1. The summed E-state index contributed by atoms with van der Waals surface area (Å²) in [5, 5.41) is 11.8. The lowest BCUT2D eigenvalue weighted by Gasteiger charge is -2.29. The summed E-state index contributed by atoms with van der Waals surface area (Å²) < 4.78 is 15.9. The van der Waals surface area contributed by atoms with Crippen LogP contribution in [0.2, 0.25) is 0 Å². The van der Waals surface area contributed by atoms with Crippen LogP contribution in [-0.2, 0) is 22.5 Å². The molecule has 0 aromatic heterocycles. The van der Waals surface area contributed by atoms with Crippen molar-refractivity contribution in [1.29, 1.82) is 0 Å². The molecule has 0 spiro atoms. The van der Waals surface area contributed by atoms with Crippen molar-refractivity contribution in [2.45, 2.75) is 13.0 Å². The number of phenolic OH excluding ortho intramolecular Hbond substituents is 1. The Labute approximate surface area is 179 Å². The van der Waals surface area contributed by atoms with Gasteiger partial charge in [-0.15, -0.1) is 0 Å². The second-order valence-corrected chi connectivity index (χ2v) is 7.33. The largest absolute Gasteiger partial charge is 0.507 e. The van der Waals surface area contributed by atoms with Crippen LogP contribution in [0.3, 0.4) is 0 Å². The number of aromatic hydroxyl groups is 1. The zero-order valence-electron chi connectivity index (χ0n) is 17.4. The molecular weight excluding hydrogens is 398 g/mol. The number of ether oxygens (including phenoxy) is 3. The lowest BCUT2D eigenvalue weighted by molar-refractivity contribution is -0.135. The number of methoxy groups -OCH3 is 2. The number of nitrogens with zero attached hydrogens (tertiary/aromatic N) is 1. The highest BCUT2D eigenvalue weighted by Crippen LogP contribution is 2.33. The predicted octanol–water partition coefficient (Wildman–Crippen LogP) is 3.30. The van der Waals surface area contributed by atoms with Gasteiger partial charge in [0, 0.05) is 13.1 Å². The van der Waals surface area contributed by atoms with Gasteiger partial charge in [-0.3, -0.25) is 4.79 Å². The average molecular weight is 421 g/mol. The maximum atomic E-state index is 12.6. The highest BCUT2D eigenvalue weighted by molar-refractivity contribution is 5.99. The summed E-state index contributed by atoms with van der Waals surface area (Å²) in [5.74, 6) is 0.0532. The number of benzene rings is 3. The third kappa shape index (κ3) is 4.12. The Morgan fingerprint density at radius 3 is 2.29 bits per heavy atom. The molecule has 0 bridgehead atoms. The minimum absolute atomic E-state index is 0.0346. The third-order valence-electron chi connectivity index (χ3n) is 5.48. The van der Waals surface area contributed by atoms with E-state index in [1.165, 1.54) is 6.07 Å². The lowest BCUT2D eigenvalue weighted by Crippen LogP contribution is -2.38. The van der Waals surface area contributed by atoms with Crippen molar-refractivity contribution in [2.24, 2.45) is 0 Å². The van der Waals surface area contributed by atoms with Crippen LogP contribution in [0.15, 0.2) is 48.5 Å². The average Bonchev–Trinajstić information content (AvgIpc) is 2.80. The topological polar surface area (TPSA) is 85.3 Å². The summed E-state index contributed by atoms with van der Waals surface area (Å²) in [4.78, 5) is 26.8. The van der Waals surface area contributed by atoms with Crippen LogP contribution in [0.4, 0.5) is 0 Å². The van der Waals surface area contributed by atoms with Gasteiger partial charge in [0.05, 0.1) is 14.2 Å². The second-order valence-electron chi connectivity index (χ2n) is 7.33. The van der Waals surface area contributed by atoms with Crippen LogP contribution in [-0.4, -0.2) is 49.3 Å². The number of phenols is 1. The van der Waals surface area contributed by atoms with E-state index in [1.807, 2.05) is 36.4 Å². The molecule has 0 saturated carbocycles. The number of carbonyl (C=O) groups is 2. The molecule has 1 N–H and O–H groups in total. The zero-order valence-corrected chi connectivity index (χ0v) is 17.4. The first-order valence-corrected chi connectivity index (χ1v) is 9.90. The summed E-state index contributed by atoms with van der Waals surface area (Å²) in [6.07, 6.45) is 0.667. The third-order valence-corrected chi connectivity index (χ3v) is 5.48. The molecule has 1 aliphatic heterocycles. The predicted molar refractivity (Wildman–Crippen MR) is 115 cm³/mol. The van der Waals surface area contributed by atoms with E-state index in [2.05, 4.69) is 0 Å². The van der Waals surface area contributed by atoms with Gasteiger partial charge in [0.15, 0.2) is 18.1 Å². The molecule has 160 valence electrons. The van der Waals surface area contributed by atoms with Crippen LogP contribution in [0.1, 0.15) is 21.5 Å². The minimum Gasteiger partial charge on any atom is -0.507 e. The highest BCUT2D eigenvalue weighted by atomic mass is 16.5. The van der Waals surface area contributed by atoms with E-state index in [4.69, 9.17) is 14.2 Å². The van der Waals surface area contributed by atoms with E-state index in [9.17, 15) is 14.7 Å². The van der Waals surface area contributed by atoms with Gasteiger partial charge in [-0.1, -0.05) is 24.3 Å². The van der Waals surface area contributed by atoms with E-state index < -0.39 is 12.6 Å². The van der Waals surface area contributed by atoms with Gasteiger partial charge in [0.1, 0.15) is 11.3 Å². The van der Waals surface area contributed by atoms with Gasteiger partial charge in [-0.05, 0) is 52.6 Å². The maximum Gasteiger partial charge on any atom is 0.342 e. The fourth-order valence-corrected chi connectivity index (χ4v) is 3.78. The van der Waals surface area contributed by atoms with Crippen LogP contribution in [0, 0.1) is 0 Å². The molecule has 0 atom stereocenters. The van der Waals surface area contributed by atoms with E-state index in [1.54, 1.807) is 25.2 Å². The molecule has 0 fully saturated rings. The van der Waals surface area contributed by atoms with Crippen molar-refractivity contribution < 1.29 is 28.9 Å². The Balaban J connectivity index is 1.43. The van der Waals surface area contributed by atoms with Gasteiger partial charge in [-0.25, -0.2) is 4.79 Å². The first-order valence-electron chi connectivity index (χ1n) is 9.90. The molecule has 0 saturated heterocycles. The number of fused-ring (bicyclic) bond motifs is 2. The molecule has 3 aromatic carbocycles. The molecule has 1 heterocycles. The Bertz CT molecular complexity index is 1160. The Morgan fingerprint density at radius 1 is 0.968 bits per heavy atom. The highest BCUT2D eigenvalue weighted by Gasteiger charge is 2.24. The van der Waals surface area contributed by atoms with E-state index >= 15 is 0 Å². The second kappa shape index (κ2) is 8.55. The Kier molecular flexibility index (Phi) is 5.66. The van der Waals surface area contributed by atoms with Crippen molar-refractivity contribution in [3.8, 4) is 17.2 Å². The van der Waals surface area contributed by atoms with Crippen LogP contribution in [0.25, 0.3) is 10.8 Å². The number of rotatable bonds is 5. The summed E-state index contributed by atoms with van der Waals surface area (Å²) in [6.45, 7) is 0.515. The number of hydrogen-bond acceptors (Lipinski definition) is 6. The summed E-state index contributed by atoms with van der Waals surface area (Å²) in [6, 6.07) is 14.2. The fraction of sp³-hybridized carbons (Fsp3) is 0.250. The fourth-order valence-electron chi connectivity index (χ4n) is 3.78. The molecule has 4 rings (SSSR count). The first-order chi connectivity index (χ1) is 15.0. The molecule has 0 radical (unpaired) electrons. The first kappa shape index (κ1) is 20.5. The molecule has 0 unspecified atom stereocenters. The summed E-state index contributed by atoms with van der Waals surface area (Å²) in [5.41, 5.74) is 2.10. The Morgan fingerprint density at radius 2 is 1.61 bits per heavy atom. The van der Waals surface area contributed by atoms with Crippen LogP contribution >= 0.6 is 0 Å². The minimum atomic E-state index is -0.736. The number of carbonyl (C=O) groups excluding carboxylic acids is 2. The van der Waals surface area contributed by atoms with Crippen LogP contribution in [0.5, 0.6) is 17.2 Å². The van der Waals surface area contributed by atoms with Crippen molar-refractivity contribution >= 4 is 22.6 Å². The molecule has 3 aromatic rings. The number of esters is 1. The molecule has 7 nitrogen and oxygen atoms in total. The molecular formula is C24H23NO6. The van der Waals surface area contributed by atoms with Crippen molar-refractivity contribution in [1.82, 2.24) is 4.90 Å². The van der Waals surface area contributed by atoms with Gasteiger partial charge in [0.2, 0.25) is 0 Å². The normalized spacial score (nSPS) is 12.9. The van der Waals surface area contributed by atoms with Crippen molar-refractivity contribution in [3.63, 3.8) is 0 Å². The maximum absolute atomic E-state index is 12.6. The molecule has 0 aliphatic carbocycles. The summed E-state index contributed by atoms with van der Waals surface area (Å²) >= 11 is 0. The van der Waals surface area contributed by atoms with Crippen LogP contribution < -0.4 is 9.47 Å². The zero-order chi connectivity index (χ0) is 22.0.